The Morgan fingerprint density at radius 1 is 1.27 bits per heavy atom. The molecule has 1 rings (SSSR count). The fraction of sp³-hybridized carbons (Fsp3) is 0.389. The van der Waals surface area contributed by atoms with Crippen LogP contribution in [-0.4, -0.2) is 29.9 Å². The third kappa shape index (κ3) is 11.7. The summed E-state index contributed by atoms with van der Waals surface area (Å²) in [7, 11) is 0. The van der Waals surface area contributed by atoms with Gasteiger partial charge in [-0.15, -0.1) is 0 Å². The van der Waals surface area contributed by atoms with E-state index >= 15 is 0 Å². The third-order valence-electron chi connectivity index (χ3n) is 2.15. The molecule has 0 atom stereocenters. The molecule has 0 amide bonds. The molecular weight excluding hydrogens is 280 g/mol. The molecule has 0 aliphatic carbocycles. The maximum atomic E-state index is 10.5. The molecule has 0 bridgehead atoms. The van der Waals surface area contributed by atoms with Crippen LogP contribution in [0.2, 0.25) is 0 Å². The van der Waals surface area contributed by atoms with Gasteiger partial charge in [-0.3, -0.25) is 0 Å². The van der Waals surface area contributed by atoms with Gasteiger partial charge in [0.05, 0.1) is 18.5 Å². The summed E-state index contributed by atoms with van der Waals surface area (Å²) in [5.41, 5.74) is 1.40. The maximum absolute atomic E-state index is 10.5. The monoisotopic (exact) mass is 306 g/mol. The molecule has 0 aromatic heterocycles. The molecule has 0 aliphatic heterocycles. The van der Waals surface area contributed by atoms with E-state index in [1.807, 2.05) is 57.2 Å². The van der Waals surface area contributed by atoms with E-state index in [1.54, 1.807) is 13.2 Å². The van der Waals surface area contributed by atoms with Crippen molar-refractivity contribution in [3.8, 4) is 0 Å². The van der Waals surface area contributed by atoms with Gasteiger partial charge in [-0.1, -0.05) is 36.9 Å². The Balaban J connectivity index is 0.000000433. The third-order valence-corrected chi connectivity index (χ3v) is 2.15. The molecule has 4 heteroatoms. The molecule has 0 unspecified atom stereocenters. The van der Waals surface area contributed by atoms with Gasteiger partial charge in [-0.05, 0) is 39.3 Å². The van der Waals surface area contributed by atoms with Crippen molar-refractivity contribution in [1.29, 1.82) is 0 Å². The van der Waals surface area contributed by atoms with Crippen LogP contribution < -0.4 is 0 Å². The SMILES string of the molecule is C=C(C)C(=O)OCCO.CC(C)(C)OC=Cc1ccccc1. The molecule has 0 heterocycles. The van der Waals surface area contributed by atoms with Crippen molar-refractivity contribution >= 4 is 12.0 Å². The van der Waals surface area contributed by atoms with E-state index in [1.165, 1.54) is 0 Å². The first-order chi connectivity index (χ1) is 10.3. The lowest BCUT2D eigenvalue weighted by molar-refractivity contribution is -0.139. The quantitative estimate of drug-likeness (QED) is 0.513. The zero-order chi connectivity index (χ0) is 17.0. The molecule has 1 aromatic carbocycles. The van der Waals surface area contributed by atoms with Crippen molar-refractivity contribution in [2.75, 3.05) is 13.2 Å². The molecule has 22 heavy (non-hydrogen) atoms. The Morgan fingerprint density at radius 3 is 2.32 bits per heavy atom. The number of rotatable bonds is 5. The summed E-state index contributed by atoms with van der Waals surface area (Å²) in [6.45, 7) is 10.9. The summed E-state index contributed by atoms with van der Waals surface area (Å²) in [6.07, 6.45) is 3.71. The van der Waals surface area contributed by atoms with Crippen LogP contribution in [-0.2, 0) is 14.3 Å². The molecule has 1 aromatic rings. The van der Waals surface area contributed by atoms with E-state index < -0.39 is 5.97 Å². The van der Waals surface area contributed by atoms with Crippen LogP contribution in [0.1, 0.15) is 33.3 Å². The maximum Gasteiger partial charge on any atom is 0.333 e. The van der Waals surface area contributed by atoms with Crippen LogP contribution in [0.4, 0.5) is 0 Å². The minimum Gasteiger partial charge on any atom is -0.496 e. The molecule has 0 spiro atoms. The molecule has 0 fully saturated rings. The highest BCUT2D eigenvalue weighted by Gasteiger charge is 2.06. The van der Waals surface area contributed by atoms with Crippen molar-refractivity contribution in [3.05, 3.63) is 54.3 Å². The van der Waals surface area contributed by atoms with Gasteiger partial charge in [0, 0.05) is 5.57 Å². The number of carbonyl (C=O) groups is 1. The number of aliphatic hydroxyl groups excluding tert-OH is 1. The molecule has 122 valence electrons. The van der Waals surface area contributed by atoms with Gasteiger partial charge in [0.15, 0.2) is 0 Å². The number of esters is 1. The second kappa shape index (κ2) is 10.6. The lowest BCUT2D eigenvalue weighted by atomic mass is 10.2. The van der Waals surface area contributed by atoms with E-state index in [9.17, 15) is 4.79 Å². The largest absolute Gasteiger partial charge is 0.496 e. The van der Waals surface area contributed by atoms with Gasteiger partial charge in [0.2, 0.25) is 0 Å². The minimum absolute atomic E-state index is 0.0473. The average molecular weight is 306 g/mol. The summed E-state index contributed by atoms with van der Waals surface area (Å²) < 4.78 is 9.92. The standard InChI is InChI=1S/C12H16O.C6H10O3/c1-12(2,3)13-10-9-11-7-5-4-6-8-11;1-5(2)6(8)9-4-3-7/h4-10H,1-3H3;7H,1,3-4H2,2H3. The van der Waals surface area contributed by atoms with Gasteiger partial charge in [-0.2, -0.15) is 0 Å². The van der Waals surface area contributed by atoms with Gasteiger partial charge in [0.1, 0.15) is 6.61 Å². The van der Waals surface area contributed by atoms with Gasteiger partial charge in [-0.25, -0.2) is 4.79 Å². The number of benzene rings is 1. The Kier molecular flexibility index (Phi) is 9.63. The van der Waals surface area contributed by atoms with Crippen LogP contribution in [0.3, 0.4) is 0 Å². The van der Waals surface area contributed by atoms with Gasteiger partial charge in [0.25, 0.3) is 0 Å². The average Bonchev–Trinajstić information content (AvgIpc) is 2.45. The lowest BCUT2D eigenvalue weighted by Gasteiger charge is -2.17. The van der Waals surface area contributed by atoms with Crippen molar-refractivity contribution in [3.63, 3.8) is 0 Å². The number of ether oxygens (including phenoxy) is 2. The van der Waals surface area contributed by atoms with Crippen LogP contribution in [0, 0.1) is 0 Å². The van der Waals surface area contributed by atoms with E-state index in [2.05, 4.69) is 11.3 Å². The highest BCUT2D eigenvalue weighted by atomic mass is 16.5. The Bertz CT molecular complexity index is 470. The zero-order valence-electron chi connectivity index (χ0n) is 13.8. The highest BCUT2D eigenvalue weighted by Crippen LogP contribution is 2.09. The summed E-state index contributed by atoms with van der Waals surface area (Å²) >= 11 is 0. The van der Waals surface area contributed by atoms with Crippen molar-refractivity contribution in [2.24, 2.45) is 0 Å². The van der Waals surface area contributed by atoms with Gasteiger partial charge >= 0.3 is 5.97 Å². The minimum atomic E-state index is -0.455. The van der Waals surface area contributed by atoms with E-state index in [0.29, 0.717) is 5.57 Å². The first-order valence-electron chi connectivity index (χ1n) is 7.09. The molecule has 1 N–H and O–H groups in total. The van der Waals surface area contributed by atoms with Crippen molar-refractivity contribution in [1.82, 2.24) is 0 Å². The Morgan fingerprint density at radius 2 is 1.86 bits per heavy atom. The first-order valence-corrected chi connectivity index (χ1v) is 7.09. The molecule has 0 radical (unpaired) electrons. The number of hydrogen-bond acceptors (Lipinski definition) is 4. The van der Waals surface area contributed by atoms with E-state index in [4.69, 9.17) is 9.84 Å². The van der Waals surface area contributed by atoms with Gasteiger partial charge < -0.3 is 14.6 Å². The molecule has 4 nitrogen and oxygen atoms in total. The fourth-order valence-corrected chi connectivity index (χ4v) is 1.14. The number of hydrogen-bond donors (Lipinski definition) is 1. The predicted molar refractivity (Wildman–Crippen MR) is 89.2 cm³/mol. The Hall–Kier alpha value is -2.07. The fourth-order valence-electron chi connectivity index (χ4n) is 1.14. The second-order valence-corrected chi connectivity index (χ2v) is 5.58. The smallest absolute Gasteiger partial charge is 0.333 e. The van der Waals surface area contributed by atoms with Crippen molar-refractivity contribution < 1.29 is 19.4 Å². The number of carbonyl (C=O) groups excluding carboxylic acids is 1. The van der Waals surface area contributed by atoms with E-state index in [0.717, 1.165) is 5.56 Å². The molecule has 0 saturated heterocycles. The molecule has 0 aliphatic rings. The normalized spacial score (nSPS) is 10.6. The van der Waals surface area contributed by atoms with Crippen LogP contribution in [0.5, 0.6) is 0 Å². The van der Waals surface area contributed by atoms with Crippen molar-refractivity contribution in [2.45, 2.75) is 33.3 Å². The topological polar surface area (TPSA) is 55.8 Å². The Labute approximate surface area is 133 Å². The van der Waals surface area contributed by atoms with Crippen LogP contribution >= 0.6 is 0 Å². The van der Waals surface area contributed by atoms with E-state index in [-0.39, 0.29) is 18.8 Å². The summed E-state index contributed by atoms with van der Waals surface area (Å²) in [5, 5.41) is 8.19. The van der Waals surface area contributed by atoms with Crippen LogP contribution in [0.15, 0.2) is 48.7 Å². The number of aliphatic hydroxyl groups is 1. The zero-order valence-corrected chi connectivity index (χ0v) is 13.8. The van der Waals surface area contributed by atoms with Crippen LogP contribution in [0.25, 0.3) is 6.08 Å². The predicted octanol–water partition coefficient (Wildman–Crippen LogP) is 3.57. The first kappa shape index (κ1) is 19.9. The lowest BCUT2D eigenvalue weighted by Crippen LogP contribution is -2.15. The molecule has 0 saturated carbocycles. The second-order valence-electron chi connectivity index (χ2n) is 5.58. The molecular formula is C18H26O4. The highest BCUT2D eigenvalue weighted by molar-refractivity contribution is 5.86. The summed E-state index contributed by atoms with van der Waals surface area (Å²) in [4.78, 5) is 10.5. The summed E-state index contributed by atoms with van der Waals surface area (Å²) in [6, 6.07) is 10.1. The summed E-state index contributed by atoms with van der Waals surface area (Å²) in [5.74, 6) is -0.455.